The lowest BCUT2D eigenvalue weighted by Crippen LogP contribution is -2.15. The number of hydrogen-bond acceptors (Lipinski definition) is 10. The zero-order valence-corrected chi connectivity index (χ0v) is 25.2. The first-order valence-corrected chi connectivity index (χ1v) is 16.8. The number of rotatable bonds is 5. The minimum absolute atomic E-state index is 0.372. The second kappa shape index (κ2) is 9.54. The number of benzene rings is 4. The Bertz CT molecular complexity index is 2650. The highest BCUT2D eigenvalue weighted by molar-refractivity contribution is 8.53. The molecule has 1 unspecified atom stereocenters. The Hall–Kier alpha value is -5.92. The summed E-state index contributed by atoms with van der Waals surface area (Å²) in [6.07, 6.45) is 1.82. The third-order valence-corrected chi connectivity index (χ3v) is 13.1. The van der Waals surface area contributed by atoms with Crippen LogP contribution in [0.4, 0.5) is 0 Å². The molecule has 0 amide bonds. The summed E-state index contributed by atoms with van der Waals surface area (Å²) in [6, 6.07) is 29.5. The van der Waals surface area contributed by atoms with Crippen molar-refractivity contribution in [2.75, 3.05) is 0 Å². The fraction of sp³-hybridized carbons (Fsp3) is 0. The van der Waals surface area contributed by atoms with Crippen LogP contribution >= 0.6 is 21.4 Å². The average molecular weight is 638 g/mol. The molecular weight excluding hydrogens is 619 g/mol. The Kier molecular flexibility index (Phi) is 5.27. The number of thiazole rings is 1. The van der Waals surface area contributed by atoms with Gasteiger partial charge in [0.1, 0.15) is 37.3 Å². The highest BCUT2D eigenvalue weighted by Gasteiger charge is 2.52. The average Bonchev–Trinajstić information content (AvgIpc) is 3.94. The topological polar surface area (TPSA) is 148 Å². The van der Waals surface area contributed by atoms with Gasteiger partial charge in [-0.05, 0) is 36.4 Å². The van der Waals surface area contributed by atoms with Crippen LogP contribution in [0, 0.1) is 0 Å². The summed E-state index contributed by atoms with van der Waals surface area (Å²) in [4.78, 5) is 16.3. The number of hydrogen-bond donors (Lipinski definition) is 2. The molecule has 0 saturated heterocycles. The van der Waals surface area contributed by atoms with Crippen LogP contribution in [-0.4, -0.2) is 45.8 Å². The molecule has 11 nitrogen and oxygen atoms in total. The molecule has 1 aliphatic heterocycles. The lowest BCUT2D eigenvalue weighted by molar-refractivity contribution is 0.455. The second-order valence-corrected chi connectivity index (χ2v) is 14.6. The van der Waals surface area contributed by atoms with Gasteiger partial charge in [0, 0.05) is 27.4 Å². The van der Waals surface area contributed by atoms with E-state index >= 15 is 0 Å². The molecule has 0 aliphatic carbocycles. The summed E-state index contributed by atoms with van der Waals surface area (Å²) in [5, 5.41) is 30.1. The van der Waals surface area contributed by atoms with Crippen molar-refractivity contribution in [3.63, 3.8) is 0 Å². The third kappa shape index (κ3) is 3.40. The first kappa shape index (κ1) is 25.4. The van der Waals surface area contributed by atoms with E-state index in [1.165, 1.54) is 0 Å². The number of nitrogens with one attached hydrogen (secondary N) is 2. The standard InChI is InChI=1S/C33H19N9O2S2/c1-3-11-21-18(8-1)31(40-37-21)46(33-34-16-17-45-33)29(20-10-7-13-23-26(20)39-42-38-23)28(30-35-22-12-4-6-15-25(22)43-30)36-32(46)27-19-9-2-5-14-24(19)44-41-27/h1-17H,(H,37,40)(H,38,39,42). The molecule has 13 heteroatoms. The van der Waals surface area contributed by atoms with Gasteiger partial charge in [-0.25, -0.2) is 15.0 Å². The molecule has 1 atom stereocenters. The van der Waals surface area contributed by atoms with Crippen molar-refractivity contribution in [1.82, 2.24) is 40.7 Å². The number of aromatic amines is 2. The maximum Gasteiger partial charge on any atom is 0.247 e. The summed E-state index contributed by atoms with van der Waals surface area (Å²) < 4.78 is 13.2. The van der Waals surface area contributed by atoms with E-state index in [4.69, 9.17) is 29.0 Å². The Balaban J connectivity index is 1.43. The van der Waals surface area contributed by atoms with Crippen molar-refractivity contribution < 1.29 is 8.94 Å². The number of fused-ring (bicyclic) bond motifs is 4. The van der Waals surface area contributed by atoms with Gasteiger partial charge in [0.25, 0.3) is 0 Å². The number of aromatic nitrogens is 8. The lowest BCUT2D eigenvalue weighted by atomic mass is 10.1. The van der Waals surface area contributed by atoms with Gasteiger partial charge < -0.3 is 8.94 Å². The zero-order valence-electron chi connectivity index (χ0n) is 23.6. The van der Waals surface area contributed by atoms with Crippen LogP contribution in [-0.2, 0) is 0 Å². The molecule has 4 aromatic carbocycles. The summed E-state index contributed by atoms with van der Waals surface area (Å²) in [6.45, 7) is 0. The van der Waals surface area contributed by atoms with E-state index in [-0.39, 0.29) is 0 Å². The molecule has 5 aromatic heterocycles. The van der Waals surface area contributed by atoms with Gasteiger partial charge in [0.15, 0.2) is 11.2 Å². The summed E-state index contributed by atoms with van der Waals surface area (Å²) >= 11 is 1.55. The van der Waals surface area contributed by atoms with Crippen molar-refractivity contribution in [2.24, 2.45) is 4.99 Å². The molecule has 0 bridgehead atoms. The van der Waals surface area contributed by atoms with Crippen LogP contribution in [0.5, 0.6) is 0 Å². The maximum absolute atomic E-state index is 6.47. The molecule has 9 aromatic rings. The van der Waals surface area contributed by atoms with Crippen LogP contribution in [0.3, 0.4) is 0 Å². The molecule has 0 fully saturated rings. The number of para-hydroxylation sites is 5. The summed E-state index contributed by atoms with van der Waals surface area (Å²) in [5.41, 5.74) is 6.22. The van der Waals surface area contributed by atoms with Gasteiger partial charge in [-0.1, -0.05) is 69.8 Å². The SMILES string of the molecule is c1ccc2oc(C3=C(c4cccc5n[nH]nc45)S(c4nccs4)(c4[nH]nc5ccccc45)C(c4noc5ccccc45)=N3)nc2c1. The molecule has 0 saturated carbocycles. The number of H-pyrrole nitrogens is 2. The Labute approximate surface area is 264 Å². The Morgan fingerprint density at radius 2 is 1.54 bits per heavy atom. The van der Waals surface area contributed by atoms with E-state index in [1.807, 2.05) is 96.5 Å². The fourth-order valence-electron chi connectivity index (χ4n) is 6.15. The third-order valence-electron chi connectivity index (χ3n) is 8.10. The summed E-state index contributed by atoms with van der Waals surface area (Å²) in [5.74, 6) is 0.372. The zero-order chi connectivity index (χ0) is 30.2. The van der Waals surface area contributed by atoms with E-state index in [2.05, 4.69) is 31.7 Å². The molecule has 0 spiro atoms. The molecule has 6 heterocycles. The highest BCUT2D eigenvalue weighted by atomic mass is 32.3. The van der Waals surface area contributed by atoms with Gasteiger partial charge in [0.05, 0.1) is 15.9 Å². The minimum atomic E-state index is -2.60. The van der Waals surface area contributed by atoms with Crippen LogP contribution in [0.1, 0.15) is 17.1 Å². The van der Waals surface area contributed by atoms with E-state index in [1.54, 1.807) is 11.3 Å². The van der Waals surface area contributed by atoms with Gasteiger partial charge in [-0.15, -0.1) is 11.3 Å². The van der Waals surface area contributed by atoms with Gasteiger partial charge in [0.2, 0.25) is 5.89 Å². The number of nitrogens with zero attached hydrogens (tertiary/aromatic N) is 7. The molecule has 46 heavy (non-hydrogen) atoms. The monoisotopic (exact) mass is 637 g/mol. The van der Waals surface area contributed by atoms with Gasteiger partial charge >= 0.3 is 0 Å². The minimum Gasteiger partial charge on any atom is -0.435 e. The molecule has 10 rings (SSSR count). The highest BCUT2D eigenvalue weighted by Crippen LogP contribution is 2.78. The van der Waals surface area contributed by atoms with Crippen molar-refractivity contribution >= 4 is 81.0 Å². The van der Waals surface area contributed by atoms with Crippen LogP contribution < -0.4 is 0 Å². The van der Waals surface area contributed by atoms with E-state index in [0.29, 0.717) is 44.5 Å². The molecule has 1 aliphatic rings. The van der Waals surface area contributed by atoms with Crippen molar-refractivity contribution in [2.45, 2.75) is 9.37 Å². The normalized spacial score (nSPS) is 18.2. The fourth-order valence-corrected chi connectivity index (χ4v) is 11.6. The molecule has 2 N–H and O–H groups in total. The Morgan fingerprint density at radius 1 is 0.739 bits per heavy atom. The van der Waals surface area contributed by atoms with Gasteiger partial charge in [-0.2, -0.15) is 20.5 Å². The first-order valence-electron chi connectivity index (χ1n) is 14.3. The van der Waals surface area contributed by atoms with Crippen molar-refractivity contribution in [3.05, 3.63) is 120 Å². The van der Waals surface area contributed by atoms with Crippen LogP contribution in [0.25, 0.3) is 54.6 Å². The molecule has 220 valence electrons. The quantitative estimate of drug-likeness (QED) is 0.194. The first-order chi connectivity index (χ1) is 22.8. The van der Waals surface area contributed by atoms with Crippen LogP contribution in [0.15, 0.2) is 126 Å². The van der Waals surface area contributed by atoms with Crippen molar-refractivity contribution in [3.8, 4) is 0 Å². The maximum atomic E-state index is 6.47. The lowest BCUT2D eigenvalue weighted by Gasteiger charge is -2.36. The number of oxazole rings is 1. The van der Waals surface area contributed by atoms with Gasteiger partial charge in [-0.3, -0.25) is 5.10 Å². The molecule has 0 radical (unpaired) electrons. The molecular formula is C33H19N9O2S2. The predicted molar refractivity (Wildman–Crippen MR) is 178 cm³/mol. The largest absolute Gasteiger partial charge is 0.435 e. The van der Waals surface area contributed by atoms with E-state index in [0.717, 1.165) is 41.6 Å². The van der Waals surface area contributed by atoms with Crippen molar-refractivity contribution in [1.29, 1.82) is 0 Å². The van der Waals surface area contributed by atoms with Crippen LogP contribution in [0.2, 0.25) is 0 Å². The smallest absolute Gasteiger partial charge is 0.247 e. The van der Waals surface area contributed by atoms with E-state index < -0.39 is 10.0 Å². The predicted octanol–water partition coefficient (Wildman–Crippen LogP) is 7.78. The van der Waals surface area contributed by atoms with E-state index in [9.17, 15) is 0 Å². The Morgan fingerprint density at radius 3 is 2.41 bits per heavy atom. The summed E-state index contributed by atoms with van der Waals surface area (Å²) in [7, 11) is -2.60. The second-order valence-electron chi connectivity index (χ2n) is 10.6. The number of aliphatic imine (C=N–C) groups is 1.